The fourth-order valence-corrected chi connectivity index (χ4v) is 10.4. The number of ether oxygens (including phenoxy) is 2. The van der Waals surface area contributed by atoms with E-state index >= 15 is 0 Å². The average Bonchev–Trinajstić information content (AvgIpc) is 3.26. The molecule has 3 fully saturated rings. The predicted octanol–water partition coefficient (Wildman–Crippen LogP) is 8.26. The number of fused-ring (bicyclic) bond motifs is 4. The fraction of sp³-hybridized carbons (Fsp3) is 0.906. The van der Waals surface area contributed by atoms with Crippen molar-refractivity contribution in [3.05, 3.63) is 11.1 Å². The van der Waals surface area contributed by atoms with E-state index in [4.69, 9.17) is 9.47 Å². The highest BCUT2D eigenvalue weighted by Crippen LogP contribution is 2.72. The van der Waals surface area contributed by atoms with Crippen LogP contribution in [0.1, 0.15) is 127 Å². The second-order valence-corrected chi connectivity index (χ2v) is 15.1. The van der Waals surface area contributed by atoms with E-state index in [2.05, 4.69) is 55.4 Å². The smallest absolute Gasteiger partial charge is 0.302 e. The van der Waals surface area contributed by atoms with E-state index in [1.54, 1.807) is 6.92 Å². The van der Waals surface area contributed by atoms with Gasteiger partial charge >= 0.3 is 5.97 Å². The molecule has 5 aliphatic rings. The van der Waals surface area contributed by atoms with Crippen LogP contribution in [0.5, 0.6) is 0 Å². The van der Waals surface area contributed by atoms with E-state index in [9.17, 15) is 4.79 Å². The van der Waals surface area contributed by atoms with E-state index in [0.29, 0.717) is 22.9 Å². The highest BCUT2D eigenvalue weighted by molar-refractivity contribution is 5.66. The first-order valence-corrected chi connectivity index (χ1v) is 14.7. The third-order valence-corrected chi connectivity index (χ3v) is 12.8. The summed E-state index contributed by atoms with van der Waals surface area (Å²) in [5, 5.41) is 0. The van der Waals surface area contributed by atoms with Gasteiger partial charge in [0.25, 0.3) is 0 Å². The van der Waals surface area contributed by atoms with Crippen molar-refractivity contribution in [2.24, 2.45) is 39.4 Å². The molecule has 3 heteroatoms. The van der Waals surface area contributed by atoms with Gasteiger partial charge in [0.05, 0.1) is 11.7 Å². The molecule has 4 aliphatic carbocycles. The Morgan fingerprint density at radius 3 is 2.29 bits per heavy atom. The zero-order valence-electron chi connectivity index (χ0n) is 24.2. The van der Waals surface area contributed by atoms with E-state index in [0.717, 1.165) is 18.3 Å². The molecular formula is C32H52O3. The van der Waals surface area contributed by atoms with Crippen molar-refractivity contribution < 1.29 is 14.3 Å². The Morgan fingerprint density at radius 1 is 0.971 bits per heavy atom. The summed E-state index contributed by atoms with van der Waals surface area (Å²) in [6.07, 6.45) is 13.1. The highest BCUT2D eigenvalue weighted by atomic mass is 16.6. The minimum atomic E-state index is -0.119. The number of hydrogen-bond donors (Lipinski definition) is 0. The lowest BCUT2D eigenvalue weighted by Crippen LogP contribution is -2.55. The molecule has 0 spiro atoms. The van der Waals surface area contributed by atoms with E-state index in [1.165, 1.54) is 57.8 Å². The SMILES string of the molecule is CC(=O)O[C@H]1CC[C@]2(C)C3=C(CC[C@H]2C1(C)C)[C@]1(C)CC[C@H]([C@H](C)CC[C@@H]2OC2(C)C)[C@@]1(C)CC3. The number of carbonyl (C=O) groups is 1. The zero-order chi connectivity index (χ0) is 25.6. The maximum absolute atomic E-state index is 11.8. The Hall–Kier alpha value is -0.830. The molecule has 1 aliphatic heterocycles. The molecule has 2 saturated carbocycles. The van der Waals surface area contributed by atoms with E-state index in [-0.39, 0.29) is 28.5 Å². The van der Waals surface area contributed by atoms with Crippen LogP contribution in [0.3, 0.4) is 0 Å². The van der Waals surface area contributed by atoms with Crippen molar-refractivity contribution in [3.8, 4) is 0 Å². The van der Waals surface area contributed by atoms with Gasteiger partial charge in [-0.15, -0.1) is 0 Å². The van der Waals surface area contributed by atoms with Gasteiger partial charge in [0.2, 0.25) is 0 Å². The zero-order valence-corrected chi connectivity index (χ0v) is 24.2. The third kappa shape index (κ3) is 3.71. The molecule has 0 N–H and O–H groups in total. The van der Waals surface area contributed by atoms with Gasteiger partial charge in [-0.25, -0.2) is 0 Å². The van der Waals surface area contributed by atoms with Crippen molar-refractivity contribution in [1.82, 2.24) is 0 Å². The van der Waals surface area contributed by atoms with E-state index < -0.39 is 0 Å². The normalized spacial score (nSPS) is 46.3. The summed E-state index contributed by atoms with van der Waals surface area (Å²) in [6.45, 7) is 21.2. The van der Waals surface area contributed by atoms with E-state index in [1.807, 2.05) is 11.1 Å². The summed E-state index contributed by atoms with van der Waals surface area (Å²) in [4.78, 5) is 11.8. The number of epoxide rings is 1. The van der Waals surface area contributed by atoms with Crippen LogP contribution in [-0.2, 0) is 14.3 Å². The van der Waals surface area contributed by atoms with Gasteiger partial charge in [-0.05, 0) is 112 Å². The minimum Gasteiger partial charge on any atom is -0.462 e. The summed E-state index contributed by atoms with van der Waals surface area (Å²) in [5.41, 5.74) is 4.85. The molecule has 198 valence electrons. The van der Waals surface area contributed by atoms with Gasteiger partial charge in [0.1, 0.15) is 6.10 Å². The molecule has 0 amide bonds. The molecule has 1 heterocycles. The molecule has 8 atom stereocenters. The molecule has 0 radical (unpaired) electrons. The molecule has 0 aromatic heterocycles. The standard InChI is InChI=1S/C32H52O3/c1-20(10-13-27-29(5,6)35-27)22-14-18-32(9)24-11-12-25-28(3,4)26(34-21(2)33)16-17-30(25,7)23(24)15-19-31(22,32)8/h20,22,25-27H,10-19H2,1-9H3/t20-,22-,25+,26+,27+,30-,31-,32+/m1/s1. The topological polar surface area (TPSA) is 38.8 Å². The molecule has 0 aromatic rings. The predicted molar refractivity (Wildman–Crippen MR) is 142 cm³/mol. The highest BCUT2D eigenvalue weighted by Gasteiger charge is 2.63. The second kappa shape index (κ2) is 8.08. The lowest BCUT2D eigenvalue weighted by Gasteiger charge is -2.62. The Balaban J connectivity index is 1.40. The van der Waals surface area contributed by atoms with Gasteiger partial charge < -0.3 is 9.47 Å². The van der Waals surface area contributed by atoms with Crippen LogP contribution in [-0.4, -0.2) is 23.8 Å². The van der Waals surface area contributed by atoms with Crippen LogP contribution in [0.4, 0.5) is 0 Å². The summed E-state index contributed by atoms with van der Waals surface area (Å²) >= 11 is 0. The number of hydrogen-bond acceptors (Lipinski definition) is 3. The molecule has 35 heavy (non-hydrogen) atoms. The molecule has 3 nitrogen and oxygen atoms in total. The summed E-state index contributed by atoms with van der Waals surface area (Å²) in [6, 6.07) is 0. The number of allylic oxidation sites excluding steroid dienone is 2. The first-order chi connectivity index (χ1) is 16.2. The molecular weight excluding hydrogens is 432 g/mol. The third-order valence-electron chi connectivity index (χ3n) is 12.8. The maximum atomic E-state index is 11.8. The maximum Gasteiger partial charge on any atom is 0.302 e. The number of rotatable bonds is 5. The quantitative estimate of drug-likeness (QED) is 0.224. The number of carbonyl (C=O) groups excluding carboxylic acids is 1. The second-order valence-electron chi connectivity index (χ2n) is 15.1. The van der Waals surface area contributed by atoms with Crippen LogP contribution >= 0.6 is 0 Å². The summed E-state index contributed by atoms with van der Waals surface area (Å²) in [5.74, 6) is 2.07. The summed E-state index contributed by atoms with van der Waals surface area (Å²) in [7, 11) is 0. The van der Waals surface area contributed by atoms with Crippen LogP contribution in [0.25, 0.3) is 0 Å². The van der Waals surface area contributed by atoms with Crippen molar-refractivity contribution in [3.63, 3.8) is 0 Å². The van der Waals surface area contributed by atoms with Gasteiger partial charge in [0.15, 0.2) is 0 Å². The molecule has 1 saturated heterocycles. The van der Waals surface area contributed by atoms with Gasteiger partial charge in [-0.1, -0.05) is 52.7 Å². The minimum absolute atomic E-state index is 0.0320. The first kappa shape index (κ1) is 25.8. The van der Waals surface area contributed by atoms with Crippen LogP contribution < -0.4 is 0 Å². The van der Waals surface area contributed by atoms with Crippen LogP contribution in [0, 0.1) is 39.4 Å². The molecule has 5 rings (SSSR count). The van der Waals surface area contributed by atoms with Crippen LogP contribution in [0.15, 0.2) is 11.1 Å². The lowest BCUT2D eigenvalue weighted by atomic mass is 9.43. The Labute approximate surface area is 215 Å². The fourth-order valence-electron chi connectivity index (χ4n) is 10.4. The van der Waals surface area contributed by atoms with Crippen molar-refractivity contribution in [2.45, 2.75) is 144 Å². The van der Waals surface area contributed by atoms with Crippen molar-refractivity contribution in [1.29, 1.82) is 0 Å². The monoisotopic (exact) mass is 484 g/mol. The van der Waals surface area contributed by atoms with Gasteiger partial charge in [-0.2, -0.15) is 0 Å². The Kier molecular flexibility index (Phi) is 5.96. The molecule has 0 unspecified atom stereocenters. The Bertz CT molecular complexity index is 914. The molecule has 0 bridgehead atoms. The van der Waals surface area contributed by atoms with Crippen molar-refractivity contribution in [2.75, 3.05) is 0 Å². The molecule has 0 aromatic carbocycles. The first-order valence-electron chi connectivity index (χ1n) is 14.7. The van der Waals surface area contributed by atoms with Gasteiger partial charge in [-0.3, -0.25) is 4.79 Å². The summed E-state index contributed by atoms with van der Waals surface area (Å²) < 4.78 is 11.8. The Morgan fingerprint density at radius 2 is 1.66 bits per heavy atom. The number of esters is 1. The van der Waals surface area contributed by atoms with Crippen LogP contribution in [0.2, 0.25) is 0 Å². The van der Waals surface area contributed by atoms with Gasteiger partial charge in [0, 0.05) is 12.3 Å². The largest absolute Gasteiger partial charge is 0.462 e. The van der Waals surface area contributed by atoms with Crippen molar-refractivity contribution >= 4 is 5.97 Å². The average molecular weight is 485 g/mol. The lowest BCUT2D eigenvalue weighted by molar-refractivity contribution is -0.167.